The van der Waals surface area contributed by atoms with E-state index >= 15 is 0 Å². The van der Waals surface area contributed by atoms with Gasteiger partial charge in [-0.3, -0.25) is 14.3 Å². The van der Waals surface area contributed by atoms with Crippen molar-refractivity contribution in [3.63, 3.8) is 0 Å². The molecule has 3 aromatic heterocycles. The lowest BCUT2D eigenvalue weighted by Crippen LogP contribution is -2.39. The van der Waals surface area contributed by atoms with Crippen molar-refractivity contribution in [3.8, 4) is 0 Å². The Balaban J connectivity index is 1.46. The van der Waals surface area contributed by atoms with E-state index in [0.717, 1.165) is 23.1 Å². The third-order valence-corrected chi connectivity index (χ3v) is 6.85. The van der Waals surface area contributed by atoms with Crippen molar-refractivity contribution < 1.29 is 9.53 Å². The lowest BCUT2D eigenvalue weighted by Gasteiger charge is -2.29. The standard InChI is InChI=1S/C29H38N6O3/c1-18(2)20(4)35-25(36)11-9-23-17-31-27(33-26(23)35)32-19(3)24-10-8-22(16-30-24)21-12-14-34(15-13-21)28(37)38-29(5,6)7/h8-12,16-20H,13-15H2,1-7H3,(H,31,32,33). The highest BCUT2D eigenvalue weighted by atomic mass is 16.6. The number of aromatic nitrogens is 4. The molecule has 202 valence electrons. The molecule has 0 saturated heterocycles. The van der Waals surface area contributed by atoms with Gasteiger partial charge in [-0.2, -0.15) is 4.98 Å². The van der Waals surface area contributed by atoms with Crippen LogP contribution < -0.4 is 10.9 Å². The van der Waals surface area contributed by atoms with Crippen LogP contribution in [0.15, 0.2) is 47.5 Å². The number of hydrogen-bond donors (Lipinski definition) is 1. The van der Waals surface area contributed by atoms with Crippen molar-refractivity contribution in [2.24, 2.45) is 5.92 Å². The summed E-state index contributed by atoms with van der Waals surface area (Å²) >= 11 is 0. The Kier molecular flexibility index (Phi) is 7.85. The number of nitrogens with one attached hydrogen (secondary N) is 1. The second-order valence-corrected chi connectivity index (χ2v) is 11.2. The van der Waals surface area contributed by atoms with Crippen LogP contribution in [-0.4, -0.2) is 49.2 Å². The predicted octanol–water partition coefficient (Wildman–Crippen LogP) is 5.60. The Morgan fingerprint density at radius 2 is 1.82 bits per heavy atom. The highest BCUT2D eigenvalue weighted by molar-refractivity contribution is 5.75. The average Bonchev–Trinajstić information content (AvgIpc) is 2.87. The van der Waals surface area contributed by atoms with Crippen LogP contribution in [0.1, 0.15) is 78.2 Å². The Hall–Kier alpha value is -3.75. The Morgan fingerprint density at radius 3 is 2.42 bits per heavy atom. The third-order valence-electron chi connectivity index (χ3n) is 6.85. The molecule has 0 aromatic carbocycles. The largest absolute Gasteiger partial charge is 0.444 e. The van der Waals surface area contributed by atoms with E-state index in [1.54, 1.807) is 27.8 Å². The van der Waals surface area contributed by atoms with Crippen LogP contribution in [0.3, 0.4) is 0 Å². The molecule has 0 spiro atoms. The number of hydrogen-bond acceptors (Lipinski definition) is 7. The Morgan fingerprint density at radius 1 is 1.05 bits per heavy atom. The molecule has 0 saturated carbocycles. The summed E-state index contributed by atoms with van der Waals surface area (Å²) < 4.78 is 7.22. The molecule has 3 aromatic rings. The second-order valence-electron chi connectivity index (χ2n) is 11.2. The molecule has 0 aliphatic carbocycles. The Bertz CT molecular complexity index is 1390. The van der Waals surface area contributed by atoms with Gasteiger partial charge in [0.2, 0.25) is 5.95 Å². The number of carbonyl (C=O) groups excluding carboxylic acids is 1. The minimum atomic E-state index is -0.504. The van der Waals surface area contributed by atoms with E-state index in [1.807, 2.05) is 46.9 Å². The second kappa shape index (κ2) is 10.9. The zero-order chi connectivity index (χ0) is 27.6. The number of amides is 1. The Labute approximate surface area is 224 Å². The number of ether oxygens (including phenoxy) is 1. The van der Waals surface area contributed by atoms with Gasteiger partial charge >= 0.3 is 6.09 Å². The lowest BCUT2D eigenvalue weighted by molar-refractivity contribution is 0.0270. The number of rotatable bonds is 6. The van der Waals surface area contributed by atoms with Crippen LogP contribution in [0.2, 0.25) is 0 Å². The summed E-state index contributed by atoms with van der Waals surface area (Å²) in [6.07, 6.45) is 6.13. The number of fused-ring (bicyclic) bond motifs is 1. The van der Waals surface area contributed by atoms with E-state index in [-0.39, 0.29) is 29.7 Å². The first-order valence-corrected chi connectivity index (χ1v) is 13.2. The lowest BCUT2D eigenvalue weighted by atomic mass is 10.0. The number of carbonyl (C=O) groups is 1. The first kappa shape index (κ1) is 27.3. The summed E-state index contributed by atoms with van der Waals surface area (Å²) in [7, 11) is 0. The van der Waals surface area contributed by atoms with E-state index in [4.69, 9.17) is 9.72 Å². The fourth-order valence-electron chi connectivity index (χ4n) is 4.34. The molecule has 2 unspecified atom stereocenters. The third kappa shape index (κ3) is 6.20. The van der Waals surface area contributed by atoms with Crippen LogP contribution in [0.25, 0.3) is 16.6 Å². The van der Waals surface area contributed by atoms with Crippen molar-refractivity contribution in [3.05, 3.63) is 64.3 Å². The molecule has 38 heavy (non-hydrogen) atoms. The topological polar surface area (TPSA) is 102 Å². The fraction of sp³-hybridized carbons (Fsp3) is 0.483. The summed E-state index contributed by atoms with van der Waals surface area (Å²) in [6.45, 7) is 15.0. The van der Waals surface area contributed by atoms with Gasteiger partial charge in [0.25, 0.3) is 5.56 Å². The first-order chi connectivity index (χ1) is 17.9. The number of pyridine rings is 2. The molecule has 0 radical (unpaired) electrons. The molecule has 2 atom stereocenters. The van der Waals surface area contributed by atoms with E-state index in [2.05, 4.69) is 41.3 Å². The van der Waals surface area contributed by atoms with E-state index in [9.17, 15) is 9.59 Å². The van der Waals surface area contributed by atoms with Crippen LogP contribution in [0, 0.1) is 5.92 Å². The normalized spacial score (nSPS) is 15.8. The quantitative estimate of drug-likeness (QED) is 0.453. The van der Waals surface area contributed by atoms with Crippen LogP contribution >= 0.6 is 0 Å². The van der Waals surface area contributed by atoms with Gasteiger partial charge in [0.15, 0.2) is 0 Å². The first-order valence-electron chi connectivity index (χ1n) is 13.2. The van der Waals surface area contributed by atoms with Gasteiger partial charge in [-0.1, -0.05) is 26.0 Å². The van der Waals surface area contributed by atoms with Gasteiger partial charge in [0.05, 0.1) is 11.7 Å². The summed E-state index contributed by atoms with van der Waals surface area (Å²) in [5, 5.41) is 4.15. The number of anilines is 1. The molecular weight excluding hydrogens is 480 g/mol. The van der Waals surface area contributed by atoms with Crippen molar-refractivity contribution in [2.75, 3.05) is 18.4 Å². The molecule has 0 fully saturated rings. The molecule has 4 rings (SSSR count). The maximum absolute atomic E-state index is 12.6. The molecule has 1 aliphatic rings. The molecular formula is C29H38N6O3. The zero-order valence-electron chi connectivity index (χ0n) is 23.4. The molecule has 0 bridgehead atoms. The van der Waals surface area contributed by atoms with Crippen LogP contribution in [-0.2, 0) is 4.74 Å². The highest BCUT2D eigenvalue weighted by Crippen LogP contribution is 2.25. The minimum Gasteiger partial charge on any atom is -0.444 e. The maximum atomic E-state index is 12.6. The van der Waals surface area contributed by atoms with Gasteiger partial charge in [-0.25, -0.2) is 9.78 Å². The summed E-state index contributed by atoms with van der Waals surface area (Å²) in [5.41, 5.74) is 3.11. The molecule has 9 heteroatoms. The van der Waals surface area contributed by atoms with Crippen molar-refractivity contribution >= 4 is 28.6 Å². The minimum absolute atomic E-state index is 0.00545. The fourth-order valence-corrected chi connectivity index (χ4v) is 4.34. The van der Waals surface area contributed by atoms with Crippen LogP contribution in [0.4, 0.5) is 10.7 Å². The van der Waals surface area contributed by atoms with Crippen LogP contribution in [0.5, 0.6) is 0 Å². The SMILES string of the molecule is CC(Nc1ncc2ccc(=O)n(C(C)C(C)C)c2n1)c1ccc(C2=CCN(C(=O)OC(C)(C)C)CC2)cn1. The molecule has 1 N–H and O–H groups in total. The van der Waals surface area contributed by atoms with E-state index in [1.165, 1.54) is 5.57 Å². The zero-order valence-corrected chi connectivity index (χ0v) is 23.4. The summed E-state index contributed by atoms with van der Waals surface area (Å²) in [6, 6.07) is 7.25. The number of nitrogens with zero attached hydrogens (tertiary/aromatic N) is 5. The van der Waals surface area contributed by atoms with Gasteiger partial charge < -0.3 is 15.0 Å². The smallest absolute Gasteiger partial charge is 0.410 e. The average molecular weight is 519 g/mol. The summed E-state index contributed by atoms with van der Waals surface area (Å²) in [4.78, 5) is 40.5. The monoisotopic (exact) mass is 518 g/mol. The molecule has 1 aliphatic heterocycles. The molecule has 4 heterocycles. The van der Waals surface area contributed by atoms with Crippen molar-refractivity contribution in [1.29, 1.82) is 0 Å². The summed E-state index contributed by atoms with van der Waals surface area (Å²) in [5.74, 6) is 0.731. The van der Waals surface area contributed by atoms with Gasteiger partial charge in [-0.05, 0) is 70.2 Å². The van der Waals surface area contributed by atoms with Crippen molar-refractivity contribution in [1.82, 2.24) is 24.4 Å². The molecule has 1 amide bonds. The maximum Gasteiger partial charge on any atom is 0.410 e. The predicted molar refractivity (Wildman–Crippen MR) is 150 cm³/mol. The van der Waals surface area contributed by atoms with Gasteiger partial charge in [-0.15, -0.1) is 0 Å². The van der Waals surface area contributed by atoms with E-state index in [0.29, 0.717) is 24.7 Å². The van der Waals surface area contributed by atoms with Crippen molar-refractivity contribution in [2.45, 2.75) is 72.6 Å². The highest BCUT2D eigenvalue weighted by Gasteiger charge is 2.24. The molecule has 9 nitrogen and oxygen atoms in total. The van der Waals surface area contributed by atoms with E-state index < -0.39 is 5.60 Å². The van der Waals surface area contributed by atoms with Gasteiger partial charge in [0, 0.05) is 43.0 Å². The van der Waals surface area contributed by atoms with Gasteiger partial charge in [0.1, 0.15) is 11.2 Å².